The largest absolute Gasteiger partial charge is 0.358 e. The van der Waals surface area contributed by atoms with Crippen LogP contribution in [0.4, 0.5) is 0 Å². The number of benzene rings is 10. The van der Waals surface area contributed by atoms with Crippen LogP contribution in [0.15, 0.2) is 243 Å². The number of imidazole rings is 1. The van der Waals surface area contributed by atoms with Gasteiger partial charge in [-0.25, -0.2) is 4.98 Å². The minimum atomic E-state index is -0.506. The van der Waals surface area contributed by atoms with Crippen molar-refractivity contribution in [2.24, 2.45) is 0 Å². The first kappa shape index (κ1) is 40.3. The maximum atomic E-state index is 9.01. The molecule has 4 heterocycles. The molecule has 384 valence electrons. The molecule has 0 atom stereocenters. The number of hydrogen-bond acceptors (Lipinski definition) is 1. The van der Waals surface area contributed by atoms with Gasteiger partial charge in [-0.2, -0.15) is 24.3 Å². The van der Waals surface area contributed by atoms with E-state index in [1.54, 1.807) is 18.2 Å². The fraction of sp³-hybridized carbons (Fsp3) is 0.0959. The van der Waals surface area contributed by atoms with Crippen LogP contribution in [0.1, 0.15) is 50.7 Å². The average Bonchev–Trinajstić information content (AvgIpc) is 1.74. The molecule has 0 amide bonds. The smallest absolute Gasteiger partial charge is 0.242 e. The number of pyridine rings is 1. The van der Waals surface area contributed by atoms with Gasteiger partial charge in [-0.15, -0.1) is 22.9 Å². The number of hydrogen-bond donors (Lipinski definition) is 0. The summed E-state index contributed by atoms with van der Waals surface area (Å²) in [6.45, 7) is 7.08. The summed E-state index contributed by atoms with van der Waals surface area (Å²) in [5.41, 5.74) is 9.69. The SMILES string of the molecule is [2H]c1cc(-c2cccc(-c3c([2H])c([2H])c([2H])c([2H])c3[2H])c2CCC[n+]2[c-]n(-c3[c-]c(-n4c5[c-]c6c(cc5c5ccccc5c5ccccc5c5ccccc54)c4ccccc4n6-c4cc(C(C)(C)C)ccn4)ccc3)c3ccccc32)c([2H])c([2H])c1[2H].[Pt]. The van der Waals surface area contributed by atoms with Gasteiger partial charge in [0.15, 0.2) is 0 Å². The molecule has 0 unspecified atom stereocenters. The predicted molar refractivity (Wildman–Crippen MR) is 323 cm³/mol. The van der Waals surface area contributed by atoms with Crippen molar-refractivity contribution < 1.29 is 38.0 Å². The quantitative estimate of drug-likeness (QED) is 0.105. The summed E-state index contributed by atoms with van der Waals surface area (Å²) in [6, 6.07) is 66.5. The van der Waals surface area contributed by atoms with E-state index in [1.165, 1.54) is 11.6 Å². The Balaban J connectivity index is 0.00000714. The van der Waals surface area contributed by atoms with E-state index in [4.69, 9.17) is 17.3 Å². The van der Waals surface area contributed by atoms with Gasteiger partial charge in [-0.1, -0.05) is 236 Å². The number of nitrogens with zero attached hydrogens (tertiary/aromatic N) is 5. The number of fused-ring (bicyclic) bond motifs is 11. The summed E-state index contributed by atoms with van der Waals surface area (Å²) in [4.78, 5) is 5.06. The zero-order valence-electron chi connectivity index (χ0n) is 52.6. The van der Waals surface area contributed by atoms with Crippen LogP contribution in [-0.4, -0.2) is 18.7 Å². The van der Waals surface area contributed by atoms with Crippen LogP contribution in [0.2, 0.25) is 0 Å². The molecule has 0 saturated carbocycles. The Labute approximate surface area is 487 Å². The number of rotatable bonds is 9. The summed E-state index contributed by atoms with van der Waals surface area (Å²) in [5.74, 6) is 0.801. The van der Waals surface area contributed by atoms with Crippen LogP contribution < -0.4 is 4.57 Å². The molecule has 0 radical (unpaired) electrons. The number of aromatic nitrogens is 5. The Morgan fingerprint density at radius 3 is 1.76 bits per heavy atom. The third-order valence-corrected chi connectivity index (χ3v) is 15.1. The third kappa shape index (κ3) is 8.80. The van der Waals surface area contributed by atoms with E-state index in [-0.39, 0.29) is 67.8 Å². The van der Waals surface area contributed by atoms with Gasteiger partial charge < -0.3 is 18.3 Å². The number of para-hydroxylation sites is 4. The van der Waals surface area contributed by atoms with Crippen molar-refractivity contribution in [2.75, 3.05) is 0 Å². The molecule has 10 aromatic carbocycles. The summed E-state index contributed by atoms with van der Waals surface area (Å²) in [5, 5.41) is 8.49. The Bertz CT molecular complexity index is 5240. The normalized spacial score (nSPS) is 13.4. The second-order valence-electron chi connectivity index (χ2n) is 20.8. The van der Waals surface area contributed by atoms with Gasteiger partial charge in [0.25, 0.3) is 0 Å². The van der Waals surface area contributed by atoms with E-state index >= 15 is 0 Å². The first-order valence-electron chi connectivity index (χ1n) is 30.8. The van der Waals surface area contributed by atoms with Crippen LogP contribution >= 0.6 is 0 Å². The molecule has 0 aliphatic carbocycles. The van der Waals surface area contributed by atoms with Crippen LogP contribution in [0, 0.1) is 18.5 Å². The molecule has 0 aliphatic heterocycles. The molecule has 0 saturated heterocycles. The van der Waals surface area contributed by atoms with Gasteiger partial charge in [0, 0.05) is 43.7 Å². The van der Waals surface area contributed by atoms with Gasteiger partial charge in [0.1, 0.15) is 5.82 Å². The minimum Gasteiger partial charge on any atom is -0.358 e. The summed E-state index contributed by atoms with van der Waals surface area (Å²) in [6.07, 6.45) is 6.37. The first-order chi connectivity index (χ1) is 42.1. The van der Waals surface area contributed by atoms with Gasteiger partial charge in [0.2, 0.25) is 6.33 Å². The van der Waals surface area contributed by atoms with Crippen LogP contribution in [0.3, 0.4) is 0 Å². The Morgan fingerprint density at radius 2 is 1.04 bits per heavy atom. The molecule has 5 nitrogen and oxygen atoms in total. The summed E-state index contributed by atoms with van der Waals surface area (Å²) >= 11 is 0. The van der Waals surface area contributed by atoms with Gasteiger partial charge >= 0.3 is 0 Å². The van der Waals surface area contributed by atoms with Crippen molar-refractivity contribution in [3.05, 3.63) is 272 Å². The van der Waals surface area contributed by atoms with Crippen LogP contribution in [-0.2, 0) is 39.4 Å². The second kappa shape index (κ2) is 20.5. The fourth-order valence-corrected chi connectivity index (χ4v) is 11.5. The molecule has 0 spiro atoms. The Kier molecular flexibility index (Phi) is 10.5. The summed E-state index contributed by atoms with van der Waals surface area (Å²) in [7, 11) is 0. The standard InChI is InChI=1S/C73H55N5.Pt/c1-73(2,3)52-42-43-74-72(45-52)78-67-39-17-15-34-63(67)65-47-64-61-32-13-11-30-59(61)58-29-10-12-31-60(58)62-33-14-16-38-66(62)77(70(64)48-71(65)78)54-28-20-27-53(46-54)76-49-75(68-40-18-19-41-69(68)76)44-22-37-57-55(50-23-6-4-7-24-50)35-21-36-56(57)51-25-8-5-9-26-51;/h4-21,23-36,38-43,45,47H,22,37,44H2,1-3H3;/q-2;/i4D,5D,6D,7D,8D,9D,23D,24D,25D;. The molecule has 0 aliphatic rings. The monoisotopic (exact) mass is 1210 g/mol. The molecule has 14 rings (SSSR count). The molecule has 79 heavy (non-hydrogen) atoms. The van der Waals surface area contributed by atoms with Crippen LogP contribution in [0.5, 0.6) is 0 Å². The van der Waals surface area contributed by atoms with Crippen LogP contribution in [0.25, 0.3) is 116 Å². The first-order valence-corrected chi connectivity index (χ1v) is 26.3. The fourth-order valence-electron chi connectivity index (χ4n) is 11.5. The average molecular weight is 1210 g/mol. The van der Waals surface area contributed by atoms with E-state index in [1.807, 2.05) is 35.0 Å². The van der Waals surface area contributed by atoms with Gasteiger partial charge in [-0.3, -0.25) is 0 Å². The maximum Gasteiger partial charge on any atom is 0.242 e. The third-order valence-electron chi connectivity index (χ3n) is 15.1. The predicted octanol–water partition coefficient (Wildman–Crippen LogP) is 17.6. The topological polar surface area (TPSA) is 31.6 Å². The van der Waals surface area contributed by atoms with E-state index < -0.39 is 24.2 Å². The molecular weight excluding hydrogens is 1140 g/mol. The minimum absolute atomic E-state index is 0. The molecule has 6 heteroatoms. The second-order valence-corrected chi connectivity index (χ2v) is 20.8. The molecule has 0 N–H and O–H groups in total. The van der Waals surface area contributed by atoms with Crippen molar-refractivity contribution in [1.29, 1.82) is 0 Å². The Hall–Kier alpha value is -8.89. The van der Waals surface area contributed by atoms with Crippen molar-refractivity contribution in [2.45, 2.75) is 45.6 Å². The van der Waals surface area contributed by atoms with Gasteiger partial charge in [0.05, 0.1) is 29.9 Å². The molecular formula is C73H55N5Pt-2. The molecule has 4 aromatic heterocycles. The van der Waals surface area contributed by atoms with Crippen molar-refractivity contribution in [3.63, 3.8) is 0 Å². The zero-order chi connectivity index (χ0) is 60.2. The van der Waals surface area contributed by atoms with Crippen molar-refractivity contribution in [1.82, 2.24) is 18.7 Å². The molecule has 0 bridgehead atoms. The van der Waals surface area contributed by atoms with Crippen molar-refractivity contribution >= 4 is 76.2 Å². The van der Waals surface area contributed by atoms with Crippen molar-refractivity contribution in [3.8, 4) is 39.4 Å². The summed E-state index contributed by atoms with van der Waals surface area (Å²) < 4.78 is 86.6. The zero-order valence-corrected chi connectivity index (χ0v) is 45.8. The Morgan fingerprint density at radius 1 is 0.494 bits per heavy atom. The maximum absolute atomic E-state index is 9.01. The molecule has 14 aromatic rings. The van der Waals surface area contributed by atoms with E-state index in [9.17, 15) is 0 Å². The van der Waals surface area contributed by atoms with E-state index in [0.717, 1.165) is 93.4 Å². The number of aryl methyl sites for hydroxylation is 1. The van der Waals surface area contributed by atoms with Gasteiger partial charge in [-0.05, 0) is 97.4 Å². The molecule has 0 fully saturated rings. The van der Waals surface area contributed by atoms with E-state index in [2.05, 4.69) is 186 Å². The van der Waals surface area contributed by atoms with E-state index in [0.29, 0.717) is 36.1 Å².